The largest absolute Gasteiger partial charge is 0.416 e. The van der Waals surface area contributed by atoms with Crippen molar-refractivity contribution >= 4 is 11.7 Å². The Labute approximate surface area is 160 Å². The summed E-state index contributed by atoms with van der Waals surface area (Å²) in [7, 11) is 0. The number of aromatic nitrogens is 3. The van der Waals surface area contributed by atoms with Crippen molar-refractivity contribution in [2.45, 2.75) is 32.4 Å². The van der Waals surface area contributed by atoms with Gasteiger partial charge < -0.3 is 5.32 Å². The molecule has 0 bridgehead atoms. The fourth-order valence-corrected chi connectivity index (χ4v) is 2.49. The average molecular weight is 388 g/mol. The minimum absolute atomic E-state index is 0.110. The SMILES string of the molecule is CC(C)(C)c1cc(NC(=O)c2ccc(C(F)(F)F)cc2)n(-c2ccccn2)n1. The van der Waals surface area contributed by atoms with Gasteiger partial charge in [-0.2, -0.15) is 23.0 Å². The van der Waals surface area contributed by atoms with Crippen LogP contribution in [0.15, 0.2) is 54.7 Å². The molecule has 0 fully saturated rings. The Morgan fingerprint density at radius 2 is 1.71 bits per heavy atom. The molecule has 0 aliphatic heterocycles. The number of nitrogens with zero attached hydrogens (tertiary/aromatic N) is 3. The summed E-state index contributed by atoms with van der Waals surface area (Å²) in [6.45, 7) is 5.96. The molecule has 3 aromatic rings. The van der Waals surface area contributed by atoms with Crippen LogP contribution in [-0.2, 0) is 11.6 Å². The maximum absolute atomic E-state index is 12.7. The molecule has 8 heteroatoms. The number of anilines is 1. The van der Waals surface area contributed by atoms with Gasteiger partial charge in [0.15, 0.2) is 5.82 Å². The number of hydrogen-bond acceptors (Lipinski definition) is 3. The van der Waals surface area contributed by atoms with Gasteiger partial charge >= 0.3 is 6.18 Å². The first kappa shape index (κ1) is 19.6. The van der Waals surface area contributed by atoms with E-state index in [-0.39, 0.29) is 11.0 Å². The van der Waals surface area contributed by atoms with Gasteiger partial charge in [-0.25, -0.2) is 4.98 Å². The lowest BCUT2D eigenvalue weighted by Crippen LogP contribution is -2.16. The molecule has 28 heavy (non-hydrogen) atoms. The van der Waals surface area contributed by atoms with Crippen LogP contribution in [0.1, 0.15) is 42.4 Å². The van der Waals surface area contributed by atoms with Crippen LogP contribution in [0.25, 0.3) is 5.82 Å². The standard InChI is InChI=1S/C20H19F3N4O/c1-19(2,3)15-12-17(27(26-15)16-6-4-5-11-24-16)25-18(28)13-7-9-14(10-8-13)20(21,22)23/h4-12H,1-3H3,(H,25,28). The normalized spacial score (nSPS) is 12.1. The van der Waals surface area contributed by atoms with Crippen LogP contribution in [0.2, 0.25) is 0 Å². The summed E-state index contributed by atoms with van der Waals surface area (Å²) in [5.41, 5.74) is -0.231. The van der Waals surface area contributed by atoms with Gasteiger partial charge in [-0.05, 0) is 36.4 Å². The van der Waals surface area contributed by atoms with E-state index < -0.39 is 17.6 Å². The van der Waals surface area contributed by atoms with Crippen LogP contribution in [0.4, 0.5) is 19.0 Å². The lowest BCUT2D eigenvalue weighted by atomic mass is 9.92. The van der Waals surface area contributed by atoms with Crippen LogP contribution in [-0.4, -0.2) is 20.7 Å². The van der Waals surface area contributed by atoms with Crippen LogP contribution in [0, 0.1) is 0 Å². The molecule has 1 N–H and O–H groups in total. The number of carbonyl (C=O) groups is 1. The van der Waals surface area contributed by atoms with Gasteiger partial charge in [-0.1, -0.05) is 26.8 Å². The third kappa shape index (κ3) is 4.21. The molecule has 0 atom stereocenters. The molecule has 0 radical (unpaired) electrons. The molecular weight excluding hydrogens is 369 g/mol. The number of carbonyl (C=O) groups excluding carboxylic acids is 1. The second kappa shape index (κ2) is 7.10. The summed E-state index contributed by atoms with van der Waals surface area (Å²) < 4.78 is 39.6. The van der Waals surface area contributed by atoms with Gasteiger partial charge in [-0.15, -0.1) is 0 Å². The van der Waals surface area contributed by atoms with Crippen molar-refractivity contribution in [3.8, 4) is 5.82 Å². The van der Waals surface area contributed by atoms with Gasteiger partial charge in [0.2, 0.25) is 0 Å². The van der Waals surface area contributed by atoms with E-state index in [1.165, 1.54) is 4.68 Å². The molecule has 0 saturated heterocycles. The maximum atomic E-state index is 12.7. The summed E-state index contributed by atoms with van der Waals surface area (Å²) in [5, 5.41) is 7.25. The number of alkyl halides is 3. The van der Waals surface area contributed by atoms with E-state index in [0.29, 0.717) is 11.6 Å². The highest BCUT2D eigenvalue weighted by atomic mass is 19.4. The number of nitrogens with one attached hydrogen (secondary N) is 1. The second-order valence-electron chi connectivity index (χ2n) is 7.29. The van der Waals surface area contributed by atoms with Crippen LogP contribution >= 0.6 is 0 Å². The number of benzene rings is 1. The molecule has 3 rings (SSSR count). The summed E-state index contributed by atoms with van der Waals surface area (Å²) in [4.78, 5) is 16.8. The zero-order valence-electron chi connectivity index (χ0n) is 15.6. The minimum atomic E-state index is -4.45. The van der Waals surface area contributed by atoms with E-state index in [9.17, 15) is 18.0 Å². The Morgan fingerprint density at radius 3 is 2.25 bits per heavy atom. The van der Waals surface area contributed by atoms with Crippen LogP contribution in [0.5, 0.6) is 0 Å². The summed E-state index contributed by atoms with van der Waals surface area (Å²) in [6, 6.07) is 11.1. The molecule has 1 amide bonds. The van der Waals surface area contributed by atoms with E-state index in [1.807, 2.05) is 20.8 Å². The molecular formula is C20H19F3N4O. The lowest BCUT2D eigenvalue weighted by Gasteiger charge is -2.13. The molecule has 0 spiro atoms. The first-order valence-electron chi connectivity index (χ1n) is 8.56. The van der Waals surface area contributed by atoms with Gasteiger partial charge in [-0.3, -0.25) is 4.79 Å². The fraction of sp³-hybridized carbons (Fsp3) is 0.250. The first-order chi connectivity index (χ1) is 13.1. The first-order valence-corrected chi connectivity index (χ1v) is 8.56. The molecule has 5 nitrogen and oxygen atoms in total. The highest BCUT2D eigenvalue weighted by Gasteiger charge is 2.30. The van der Waals surface area contributed by atoms with Gasteiger partial charge in [0.1, 0.15) is 5.82 Å². The number of halogens is 3. The quantitative estimate of drug-likeness (QED) is 0.699. The van der Waals surface area contributed by atoms with E-state index in [1.54, 1.807) is 30.5 Å². The highest BCUT2D eigenvalue weighted by molar-refractivity contribution is 6.04. The monoisotopic (exact) mass is 388 g/mol. The van der Waals surface area contributed by atoms with Crippen molar-refractivity contribution in [2.24, 2.45) is 0 Å². The van der Waals surface area contributed by atoms with Crippen molar-refractivity contribution in [1.29, 1.82) is 0 Å². The topological polar surface area (TPSA) is 59.8 Å². The van der Waals surface area contributed by atoms with Crippen LogP contribution < -0.4 is 5.32 Å². The third-order valence-corrected chi connectivity index (χ3v) is 4.06. The Hall–Kier alpha value is -3.16. The highest BCUT2D eigenvalue weighted by Crippen LogP contribution is 2.29. The Kier molecular flexibility index (Phi) is 4.97. The Balaban J connectivity index is 1.93. The van der Waals surface area contributed by atoms with Crippen molar-refractivity contribution < 1.29 is 18.0 Å². The summed E-state index contributed by atoms with van der Waals surface area (Å²) in [5.74, 6) is 0.362. The van der Waals surface area contributed by atoms with Crippen molar-refractivity contribution in [1.82, 2.24) is 14.8 Å². The molecule has 0 saturated carbocycles. The van der Waals surface area contributed by atoms with Crippen molar-refractivity contribution in [3.05, 3.63) is 71.5 Å². The van der Waals surface area contributed by atoms with Crippen molar-refractivity contribution in [3.63, 3.8) is 0 Å². The van der Waals surface area contributed by atoms with Crippen LogP contribution in [0.3, 0.4) is 0 Å². The molecule has 0 unspecified atom stereocenters. The lowest BCUT2D eigenvalue weighted by molar-refractivity contribution is -0.137. The van der Waals surface area contributed by atoms with E-state index in [4.69, 9.17) is 0 Å². The molecule has 0 aliphatic rings. The Bertz CT molecular complexity index is 971. The molecule has 0 aliphatic carbocycles. The maximum Gasteiger partial charge on any atom is 0.416 e. The van der Waals surface area contributed by atoms with Gasteiger partial charge in [0, 0.05) is 23.2 Å². The smallest absolute Gasteiger partial charge is 0.306 e. The van der Waals surface area contributed by atoms with E-state index >= 15 is 0 Å². The van der Waals surface area contributed by atoms with E-state index in [0.717, 1.165) is 30.0 Å². The zero-order valence-corrected chi connectivity index (χ0v) is 15.6. The number of pyridine rings is 1. The summed E-state index contributed by atoms with van der Waals surface area (Å²) >= 11 is 0. The summed E-state index contributed by atoms with van der Waals surface area (Å²) in [6.07, 6.45) is -2.84. The second-order valence-corrected chi connectivity index (χ2v) is 7.29. The molecule has 2 aromatic heterocycles. The zero-order chi connectivity index (χ0) is 20.5. The Morgan fingerprint density at radius 1 is 1.04 bits per heavy atom. The van der Waals surface area contributed by atoms with Gasteiger partial charge in [0.05, 0.1) is 11.3 Å². The average Bonchev–Trinajstić information content (AvgIpc) is 3.06. The number of hydrogen-bond donors (Lipinski definition) is 1. The minimum Gasteiger partial charge on any atom is -0.306 e. The molecule has 146 valence electrons. The number of rotatable bonds is 3. The molecule has 2 heterocycles. The fourth-order valence-electron chi connectivity index (χ4n) is 2.49. The predicted molar refractivity (Wildman–Crippen MR) is 99.5 cm³/mol. The third-order valence-electron chi connectivity index (χ3n) is 4.06. The number of amides is 1. The van der Waals surface area contributed by atoms with Crippen molar-refractivity contribution in [2.75, 3.05) is 5.32 Å². The van der Waals surface area contributed by atoms with Gasteiger partial charge in [0.25, 0.3) is 5.91 Å². The molecule has 1 aromatic carbocycles. The van der Waals surface area contributed by atoms with E-state index in [2.05, 4.69) is 15.4 Å². The predicted octanol–water partition coefficient (Wildman–Crippen LogP) is 4.84.